The van der Waals surface area contributed by atoms with E-state index >= 15 is 0 Å². The fourth-order valence-corrected chi connectivity index (χ4v) is 1.71. The zero-order valence-electron chi connectivity index (χ0n) is 9.07. The first-order chi connectivity index (χ1) is 7.75. The van der Waals surface area contributed by atoms with Gasteiger partial charge in [-0.1, -0.05) is 41.4 Å². The van der Waals surface area contributed by atoms with Gasteiger partial charge in [-0.2, -0.15) is 0 Å². The molecule has 0 aliphatic heterocycles. The monoisotopic (exact) mass is 232 g/mol. The van der Waals surface area contributed by atoms with E-state index in [2.05, 4.69) is 35.4 Å². The molecular weight excluding hydrogens is 220 g/mol. The molecule has 1 aromatic carbocycles. The molecule has 2 nitrogen and oxygen atoms in total. The number of aryl methyl sites for hydroxylation is 1. The number of nitrogens with zero attached hydrogens (tertiary/aromatic N) is 1. The standard InChI is InChI=1S/C13H13ClN2/c1-10-4-2-5-11(8-10)9-16-13-12(14)6-3-7-15-13/h2-8H,9H2,1H3,(H,15,16). The van der Waals surface area contributed by atoms with Crippen molar-refractivity contribution in [2.24, 2.45) is 0 Å². The third-order valence-electron chi connectivity index (χ3n) is 2.30. The van der Waals surface area contributed by atoms with Crippen LogP contribution in [0.15, 0.2) is 42.6 Å². The van der Waals surface area contributed by atoms with Crippen molar-refractivity contribution in [3.63, 3.8) is 0 Å². The molecule has 3 heteroatoms. The van der Waals surface area contributed by atoms with Crippen LogP contribution in [0.4, 0.5) is 5.82 Å². The van der Waals surface area contributed by atoms with E-state index in [-0.39, 0.29) is 0 Å². The molecular formula is C13H13ClN2. The lowest BCUT2D eigenvalue weighted by Gasteiger charge is -2.07. The van der Waals surface area contributed by atoms with Gasteiger partial charge in [0, 0.05) is 12.7 Å². The zero-order chi connectivity index (χ0) is 11.4. The Balaban J connectivity index is 2.05. The van der Waals surface area contributed by atoms with Crippen LogP contribution >= 0.6 is 11.6 Å². The molecule has 0 aliphatic rings. The predicted molar refractivity (Wildman–Crippen MR) is 67.8 cm³/mol. The van der Waals surface area contributed by atoms with Gasteiger partial charge in [-0.05, 0) is 24.6 Å². The quantitative estimate of drug-likeness (QED) is 0.874. The lowest BCUT2D eigenvalue weighted by molar-refractivity contribution is 1.11. The van der Waals surface area contributed by atoms with E-state index in [1.165, 1.54) is 11.1 Å². The van der Waals surface area contributed by atoms with E-state index in [0.717, 1.165) is 12.4 Å². The van der Waals surface area contributed by atoms with Gasteiger partial charge < -0.3 is 5.32 Å². The van der Waals surface area contributed by atoms with Crippen molar-refractivity contribution < 1.29 is 0 Å². The van der Waals surface area contributed by atoms with Crippen molar-refractivity contribution >= 4 is 17.4 Å². The smallest absolute Gasteiger partial charge is 0.145 e. The van der Waals surface area contributed by atoms with Gasteiger partial charge in [0.25, 0.3) is 0 Å². The molecule has 0 saturated heterocycles. The minimum Gasteiger partial charge on any atom is -0.365 e. The van der Waals surface area contributed by atoms with Gasteiger partial charge >= 0.3 is 0 Å². The van der Waals surface area contributed by atoms with E-state index < -0.39 is 0 Å². The number of rotatable bonds is 3. The summed E-state index contributed by atoms with van der Waals surface area (Å²) in [5, 5.41) is 3.86. The number of aromatic nitrogens is 1. The van der Waals surface area contributed by atoms with Gasteiger partial charge in [-0.3, -0.25) is 0 Å². The summed E-state index contributed by atoms with van der Waals surface area (Å²) in [7, 11) is 0. The lowest BCUT2D eigenvalue weighted by Crippen LogP contribution is -2.01. The highest BCUT2D eigenvalue weighted by molar-refractivity contribution is 6.32. The van der Waals surface area contributed by atoms with E-state index in [1.807, 2.05) is 18.2 Å². The zero-order valence-corrected chi connectivity index (χ0v) is 9.83. The normalized spacial score (nSPS) is 10.1. The average molecular weight is 233 g/mol. The third-order valence-corrected chi connectivity index (χ3v) is 2.61. The summed E-state index contributed by atoms with van der Waals surface area (Å²) in [6.45, 7) is 2.82. The molecule has 1 heterocycles. The molecule has 1 aromatic heterocycles. The molecule has 0 saturated carbocycles. The van der Waals surface area contributed by atoms with Crippen LogP contribution in [0.25, 0.3) is 0 Å². The number of nitrogens with one attached hydrogen (secondary N) is 1. The molecule has 0 amide bonds. The number of halogens is 1. The molecule has 0 aliphatic carbocycles. The Kier molecular flexibility index (Phi) is 3.42. The van der Waals surface area contributed by atoms with E-state index in [1.54, 1.807) is 6.20 Å². The molecule has 82 valence electrons. The molecule has 0 atom stereocenters. The lowest BCUT2D eigenvalue weighted by atomic mass is 10.1. The summed E-state index contributed by atoms with van der Waals surface area (Å²) in [5.41, 5.74) is 2.48. The minimum atomic E-state index is 0.648. The summed E-state index contributed by atoms with van der Waals surface area (Å²) in [4.78, 5) is 4.17. The first-order valence-electron chi connectivity index (χ1n) is 5.15. The summed E-state index contributed by atoms with van der Waals surface area (Å²) in [6, 6.07) is 12.0. The Morgan fingerprint density at radius 3 is 2.88 bits per heavy atom. The molecule has 0 fully saturated rings. The number of anilines is 1. The van der Waals surface area contributed by atoms with Gasteiger partial charge in [0.15, 0.2) is 0 Å². The SMILES string of the molecule is Cc1cccc(CNc2ncccc2Cl)c1. The molecule has 2 aromatic rings. The minimum absolute atomic E-state index is 0.648. The number of pyridine rings is 1. The van der Waals surface area contributed by atoms with Crippen LogP contribution < -0.4 is 5.32 Å². The number of hydrogen-bond donors (Lipinski definition) is 1. The van der Waals surface area contributed by atoms with Crippen LogP contribution in [0.3, 0.4) is 0 Å². The Labute approximate surface area is 100 Å². The van der Waals surface area contributed by atoms with Crippen LogP contribution in [0.1, 0.15) is 11.1 Å². The second-order valence-electron chi connectivity index (χ2n) is 3.68. The summed E-state index contributed by atoms with van der Waals surface area (Å²) in [5.74, 6) is 0.727. The second kappa shape index (κ2) is 4.99. The molecule has 0 spiro atoms. The maximum atomic E-state index is 6.00. The molecule has 0 radical (unpaired) electrons. The molecule has 2 rings (SSSR count). The third kappa shape index (κ3) is 2.74. The summed E-state index contributed by atoms with van der Waals surface area (Å²) < 4.78 is 0. The number of benzene rings is 1. The van der Waals surface area contributed by atoms with Gasteiger partial charge in [0.05, 0.1) is 5.02 Å². The maximum absolute atomic E-state index is 6.00. The van der Waals surface area contributed by atoms with Crippen LogP contribution in [0, 0.1) is 6.92 Å². The molecule has 0 unspecified atom stereocenters. The molecule has 1 N–H and O–H groups in total. The maximum Gasteiger partial charge on any atom is 0.145 e. The van der Waals surface area contributed by atoms with Crippen LogP contribution in [-0.4, -0.2) is 4.98 Å². The fraction of sp³-hybridized carbons (Fsp3) is 0.154. The van der Waals surface area contributed by atoms with Crippen molar-refractivity contribution in [1.82, 2.24) is 4.98 Å². The first-order valence-corrected chi connectivity index (χ1v) is 5.53. The van der Waals surface area contributed by atoms with E-state index in [0.29, 0.717) is 5.02 Å². The predicted octanol–water partition coefficient (Wildman–Crippen LogP) is 3.66. The van der Waals surface area contributed by atoms with Gasteiger partial charge in [0.2, 0.25) is 0 Å². The van der Waals surface area contributed by atoms with Gasteiger partial charge in [-0.25, -0.2) is 4.98 Å². The topological polar surface area (TPSA) is 24.9 Å². The highest BCUT2D eigenvalue weighted by atomic mass is 35.5. The Morgan fingerprint density at radius 2 is 2.12 bits per heavy atom. The highest BCUT2D eigenvalue weighted by Crippen LogP contribution is 2.18. The van der Waals surface area contributed by atoms with Crippen molar-refractivity contribution in [2.45, 2.75) is 13.5 Å². The molecule has 16 heavy (non-hydrogen) atoms. The fourth-order valence-electron chi connectivity index (χ4n) is 1.52. The first kappa shape index (κ1) is 11.0. The Hall–Kier alpha value is -1.54. The largest absolute Gasteiger partial charge is 0.365 e. The van der Waals surface area contributed by atoms with E-state index in [4.69, 9.17) is 11.6 Å². The number of hydrogen-bond acceptors (Lipinski definition) is 2. The Bertz CT molecular complexity index is 483. The van der Waals surface area contributed by atoms with Crippen molar-refractivity contribution in [1.29, 1.82) is 0 Å². The highest BCUT2D eigenvalue weighted by Gasteiger charge is 1.99. The van der Waals surface area contributed by atoms with Gasteiger partial charge in [-0.15, -0.1) is 0 Å². The molecule has 0 bridgehead atoms. The average Bonchev–Trinajstić information content (AvgIpc) is 2.28. The van der Waals surface area contributed by atoms with Crippen molar-refractivity contribution in [3.05, 3.63) is 58.7 Å². The Morgan fingerprint density at radius 1 is 1.25 bits per heavy atom. The van der Waals surface area contributed by atoms with Crippen molar-refractivity contribution in [3.8, 4) is 0 Å². The van der Waals surface area contributed by atoms with Crippen LogP contribution in [0.2, 0.25) is 5.02 Å². The van der Waals surface area contributed by atoms with Gasteiger partial charge in [0.1, 0.15) is 5.82 Å². The van der Waals surface area contributed by atoms with Crippen molar-refractivity contribution in [2.75, 3.05) is 5.32 Å². The summed E-state index contributed by atoms with van der Waals surface area (Å²) in [6.07, 6.45) is 1.73. The summed E-state index contributed by atoms with van der Waals surface area (Å²) >= 11 is 6.00. The van der Waals surface area contributed by atoms with E-state index in [9.17, 15) is 0 Å². The second-order valence-corrected chi connectivity index (χ2v) is 4.08. The van der Waals surface area contributed by atoms with Crippen LogP contribution in [-0.2, 0) is 6.54 Å². The van der Waals surface area contributed by atoms with Crippen LogP contribution in [0.5, 0.6) is 0 Å².